The largest absolute Gasteiger partial charge is 0.481 e. The Balaban J connectivity index is 1.36. The molecule has 9 heteroatoms. The second kappa shape index (κ2) is 9.44. The standard InChI is InChI=1S/C21H22N4O3S2/c26-18(22-16-7-6-14-3-1-4-15(14)13-16)9-12-30-21-24-23-20(17-5-2-11-29-17)25(21)10-8-19(27)28/h2,5-7,11,13H,1,3-4,8-10,12H2,(H,22,26)(H,27,28). The molecule has 1 aliphatic carbocycles. The van der Waals surface area contributed by atoms with Crippen LogP contribution in [0.5, 0.6) is 0 Å². The van der Waals surface area contributed by atoms with Crippen molar-refractivity contribution in [3.05, 3.63) is 46.8 Å². The van der Waals surface area contributed by atoms with Gasteiger partial charge in [-0.05, 0) is 54.0 Å². The van der Waals surface area contributed by atoms with Gasteiger partial charge in [0.1, 0.15) is 0 Å². The highest BCUT2D eigenvalue weighted by Gasteiger charge is 2.17. The van der Waals surface area contributed by atoms with Crippen LogP contribution in [-0.2, 0) is 29.0 Å². The summed E-state index contributed by atoms with van der Waals surface area (Å²) in [5.74, 6) is 0.282. The van der Waals surface area contributed by atoms with E-state index in [1.807, 2.05) is 28.1 Å². The Morgan fingerprint density at radius 3 is 2.83 bits per heavy atom. The maximum Gasteiger partial charge on any atom is 0.305 e. The first-order valence-electron chi connectivity index (χ1n) is 9.83. The molecule has 0 unspecified atom stereocenters. The van der Waals surface area contributed by atoms with Crippen molar-refractivity contribution in [3.8, 4) is 10.7 Å². The highest BCUT2D eigenvalue weighted by atomic mass is 32.2. The number of nitrogens with zero attached hydrogens (tertiary/aromatic N) is 3. The molecular weight excluding hydrogens is 420 g/mol. The second-order valence-electron chi connectivity index (χ2n) is 7.06. The number of aromatic nitrogens is 3. The molecule has 0 bridgehead atoms. The van der Waals surface area contributed by atoms with E-state index in [1.54, 1.807) is 0 Å². The maximum atomic E-state index is 12.4. The number of carbonyl (C=O) groups excluding carboxylic acids is 1. The summed E-state index contributed by atoms with van der Waals surface area (Å²) in [5, 5.41) is 23.1. The molecule has 30 heavy (non-hydrogen) atoms. The minimum Gasteiger partial charge on any atom is -0.481 e. The average Bonchev–Trinajstić information content (AvgIpc) is 3.46. The molecular formula is C21H22N4O3S2. The SMILES string of the molecule is O=C(O)CCn1c(SCCC(=O)Nc2ccc3c(c2)CCC3)nnc1-c1cccs1. The predicted molar refractivity (Wildman–Crippen MR) is 118 cm³/mol. The number of benzene rings is 1. The lowest BCUT2D eigenvalue weighted by molar-refractivity contribution is -0.137. The van der Waals surface area contributed by atoms with Crippen molar-refractivity contribution in [1.82, 2.24) is 14.8 Å². The molecule has 1 aromatic carbocycles. The minimum atomic E-state index is -0.870. The van der Waals surface area contributed by atoms with Gasteiger partial charge in [0, 0.05) is 24.4 Å². The number of amides is 1. The van der Waals surface area contributed by atoms with Crippen LogP contribution in [0.25, 0.3) is 10.7 Å². The third-order valence-electron chi connectivity index (χ3n) is 4.95. The van der Waals surface area contributed by atoms with E-state index in [2.05, 4.69) is 27.6 Å². The molecule has 0 aliphatic heterocycles. The van der Waals surface area contributed by atoms with Crippen LogP contribution in [-0.4, -0.2) is 37.5 Å². The van der Waals surface area contributed by atoms with Crippen LogP contribution in [0.1, 0.15) is 30.4 Å². The molecule has 7 nitrogen and oxygen atoms in total. The number of hydrogen-bond donors (Lipinski definition) is 2. The van der Waals surface area contributed by atoms with Crippen LogP contribution in [0, 0.1) is 0 Å². The number of rotatable bonds is 9. The Morgan fingerprint density at radius 1 is 1.17 bits per heavy atom. The quantitative estimate of drug-likeness (QED) is 0.485. The number of hydrogen-bond acceptors (Lipinski definition) is 6. The van der Waals surface area contributed by atoms with E-state index in [-0.39, 0.29) is 12.3 Å². The summed E-state index contributed by atoms with van der Waals surface area (Å²) in [6, 6.07) is 9.99. The second-order valence-corrected chi connectivity index (χ2v) is 9.07. The number of thiophene rings is 1. The molecule has 1 amide bonds. The Kier molecular flexibility index (Phi) is 6.49. The number of carboxylic acids is 1. The molecule has 0 saturated carbocycles. The third-order valence-corrected chi connectivity index (χ3v) is 6.78. The van der Waals surface area contributed by atoms with E-state index in [4.69, 9.17) is 5.11 Å². The lowest BCUT2D eigenvalue weighted by atomic mass is 10.1. The topological polar surface area (TPSA) is 97.1 Å². The van der Waals surface area contributed by atoms with Crippen molar-refractivity contribution in [1.29, 1.82) is 0 Å². The number of nitrogens with one attached hydrogen (secondary N) is 1. The maximum absolute atomic E-state index is 12.4. The fourth-order valence-electron chi connectivity index (χ4n) is 3.50. The van der Waals surface area contributed by atoms with E-state index in [1.165, 1.54) is 40.6 Å². The number of anilines is 1. The van der Waals surface area contributed by atoms with Crippen LogP contribution in [0.15, 0.2) is 40.9 Å². The summed E-state index contributed by atoms with van der Waals surface area (Å²) in [5.41, 5.74) is 3.55. The Hall–Kier alpha value is -2.65. The summed E-state index contributed by atoms with van der Waals surface area (Å²) >= 11 is 2.95. The van der Waals surface area contributed by atoms with E-state index in [9.17, 15) is 9.59 Å². The number of fused-ring (bicyclic) bond motifs is 1. The summed E-state index contributed by atoms with van der Waals surface area (Å²) in [4.78, 5) is 24.3. The normalized spacial score (nSPS) is 12.7. The van der Waals surface area contributed by atoms with Gasteiger partial charge in [-0.2, -0.15) is 0 Å². The van der Waals surface area contributed by atoms with Crippen LogP contribution in [0.2, 0.25) is 0 Å². The van der Waals surface area contributed by atoms with Gasteiger partial charge in [0.2, 0.25) is 5.91 Å². The fraction of sp³-hybridized carbons (Fsp3) is 0.333. The number of thioether (sulfide) groups is 1. The van der Waals surface area contributed by atoms with Gasteiger partial charge in [-0.25, -0.2) is 0 Å². The molecule has 1 aliphatic rings. The molecule has 0 fully saturated rings. The Labute approximate surface area is 182 Å². The van der Waals surface area contributed by atoms with Crippen molar-refractivity contribution in [2.45, 2.75) is 43.8 Å². The molecule has 0 saturated heterocycles. The van der Waals surface area contributed by atoms with Gasteiger partial charge in [-0.15, -0.1) is 21.5 Å². The van der Waals surface area contributed by atoms with E-state index in [0.29, 0.717) is 29.7 Å². The predicted octanol–water partition coefficient (Wildman–Crippen LogP) is 4.09. The van der Waals surface area contributed by atoms with Gasteiger partial charge in [0.25, 0.3) is 0 Å². The Bertz CT molecular complexity index is 1050. The zero-order valence-electron chi connectivity index (χ0n) is 16.3. The highest BCUT2D eigenvalue weighted by molar-refractivity contribution is 7.99. The van der Waals surface area contributed by atoms with Gasteiger partial charge in [0.05, 0.1) is 11.3 Å². The first-order valence-corrected chi connectivity index (χ1v) is 11.7. The summed E-state index contributed by atoms with van der Waals surface area (Å²) in [6.07, 6.45) is 3.70. The minimum absolute atomic E-state index is 0.0111. The lowest BCUT2D eigenvalue weighted by Crippen LogP contribution is -2.13. The van der Waals surface area contributed by atoms with Crippen molar-refractivity contribution < 1.29 is 14.7 Å². The van der Waals surface area contributed by atoms with Crippen LogP contribution < -0.4 is 5.32 Å². The lowest BCUT2D eigenvalue weighted by Gasteiger charge is -2.09. The van der Waals surface area contributed by atoms with Crippen LogP contribution in [0.4, 0.5) is 5.69 Å². The molecule has 2 aromatic heterocycles. The van der Waals surface area contributed by atoms with Crippen molar-refractivity contribution >= 4 is 40.7 Å². The van der Waals surface area contributed by atoms with Crippen molar-refractivity contribution in [2.75, 3.05) is 11.1 Å². The fourth-order valence-corrected chi connectivity index (χ4v) is 5.12. The first kappa shape index (κ1) is 20.6. The summed E-state index contributed by atoms with van der Waals surface area (Å²) in [6.45, 7) is 0.291. The van der Waals surface area contributed by atoms with Gasteiger partial charge < -0.3 is 15.0 Å². The molecule has 4 rings (SSSR count). The molecule has 156 valence electrons. The first-order chi connectivity index (χ1) is 14.6. The molecule has 3 aromatic rings. The number of carbonyl (C=O) groups is 2. The van der Waals surface area contributed by atoms with E-state index >= 15 is 0 Å². The van der Waals surface area contributed by atoms with Gasteiger partial charge in [-0.1, -0.05) is 23.9 Å². The molecule has 2 N–H and O–H groups in total. The Morgan fingerprint density at radius 2 is 2.03 bits per heavy atom. The summed E-state index contributed by atoms with van der Waals surface area (Å²) in [7, 11) is 0. The van der Waals surface area contributed by atoms with E-state index < -0.39 is 5.97 Å². The van der Waals surface area contributed by atoms with Crippen molar-refractivity contribution in [2.24, 2.45) is 0 Å². The van der Waals surface area contributed by atoms with Gasteiger partial charge >= 0.3 is 5.97 Å². The van der Waals surface area contributed by atoms with E-state index in [0.717, 1.165) is 23.4 Å². The third kappa shape index (κ3) is 4.91. The van der Waals surface area contributed by atoms with Gasteiger partial charge in [0.15, 0.2) is 11.0 Å². The average molecular weight is 443 g/mol. The smallest absolute Gasteiger partial charge is 0.305 e. The molecule has 0 spiro atoms. The van der Waals surface area contributed by atoms with Crippen LogP contribution in [0.3, 0.4) is 0 Å². The number of carboxylic acid groups (broad SMARTS) is 1. The van der Waals surface area contributed by atoms with Crippen molar-refractivity contribution in [3.63, 3.8) is 0 Å². The number of aryl methyl sites for hydroxylation is 2. The molecule has 0 atom stereocenters. The van der Waals surface area contributed by atoms with Gasteiger partial charge in [-0.3, -0.25) is 9.59 Å². The number of aliphatic carboxylic acids is 1. The molecule has 2 heterocycles. The monoisotopic (exact) mass is 442 g/mol. The van der Waals surface area contributed by atoms with Crippen LogP contribution >= 0.6 is 23.1 Å². The zero-order chi connectivity index (χ0) is 20.9. The highest BCUT2D eigenvalue weighted by Crippen LogP contribution is 2.28. The summed E-state index contributed by atoms with van der Waals surface area (Å²) < 4.78 is 1.82. The zero-order valence-corrected chi connectivity index (χ0v) is 18.0. The molecule has 0 radical (unpaired) electrons.